The van der Waals surface area contributed by atoms with Crippen molar-refractivity contribution in [1.82, 2.24) is 10.6 Å². The number of hydrogen-bond donors (Lipinski definition) is 3. The predicted octanol–water partition coefficient (Wildman–Crippen LogP) is 1.97. The lowest BCUT2D eigenvalue weighted by molar-refractivity contribution is 0.293. The van der Waals surface area contributed by atoms with Gasteiger partial charge in [-0.2, -0.15) is 0 Å². The van der Waals surface area contributed by atoms with Crippen LogP contribution in [0.25, 0.3) is 0 Å². The van der Waals surface area contributed by atoms with Crippen molar-refractivity contribution in [3.8, 4) is 5.75 Å². The highest BCUT2D eigenvalue weighted by Crippen LogP contribution is 2.24. The zero-order chi connectivity index (χ0) is 12.3. The van der Waals surface area contributed by atoms with Crippen molar-refractivity contribution in [2.24, 2.45) is 0 Å². The van der Waals surface area contributed by atoms with Gasteiger partial charge in [0.05, 0.1) is 0 Å². The third kappa shape index (κ3) is 3.20. The van der Waals surface area contributed by atoms with Gasteiger partial charge in [-0.1, -0.05) is 12.1 Å². The Morgan fingerprint density at radius 3 is 2.88 bits per heavy atom. The van der Waals surface area contributed by atoms with Crippen LogP contribution < -0.4 is 10.6 Å². The van der Waals surface area contributed by atoms with E-state index in [0.717, 1.165) is 18.7 Å². The number of hydrogen-bond acceptors (Lipinski definition) is 3. The lowest BCUT2D eigenvalue weighted by Crippen LogP contribution is -2.50. The van der Waals surface area contributed by atoms with E-state index in [-0.39, 0.29) is 5.54 Å². The van der Waals surface area contributed by atoms with E-state index in [0.29, 0.717) is 11.8 Å². The summed E-state index contributed by atoms with van der Waals surface area (Å²) in [5.41, 5.74) is 1.02. The first-order valence-electron chi connectivity index (χ1n) is 6.36. The fourth-order valence-electron chi connectivity index (χ4n) is 2.46. The minimum absolute atomic E-state index is 0.109. The second-order valence-corrected chi connectivity index (χ2v) is 5.36. The molecule has 1 heterocycles. The van der Waals surface area contributed by atoms with Gasteiger partial charge in [-0.15, -0.1) is 0 Å². The molecule has 1 aliphatic heterocycles. The summed E-state index contributed by atoms with van der Waals surface area (Å²) >= 11 is 0. The summed E-state index contributed by atoms with van der Waals surface area (Å²) in [4.78, 5) is 0. The Bertz CT molecular complexity index is 370. The third-order valence-electron chi connectivity index (χ3n) is 3.43. The van der Waals surface area contributed by atoms with Crippen molar-refractivity contribution in [3.05, 3.63) is 29.8 Å². The van der Waals surface area contributed by atoms with Gasteiger partial charge in [-0.25, -0.2) is 0 Å². The van der Waals surface area contributed by atoms with E-state index >= 15 is 0 Å². The molecule has 2 rings (SSSR count). The van der Waals surface area contributed by atoms with Crippen LogP contribution in [0, 0.1) is 0 Å². The van der Waals surface area contributed by atoms with Gasteiger partial charge in [0.2, 0.25) is 0 Å². The number of phenolic OH excluding ortho intramolecular Hbond substituents is 1. The maximum atomic E-state index is 9.54. The highest BCUT2D eigenvalue weighted by molar-refractivity contribution is 5.31. The molecule has 3 N–H and O–H groups in total. The van der Waals surface area contributed by atoms with E-state index < -0.39 is 0 Å². The summed E-state index contributed by atoms with van der Waals surface area (Å²) in [6, 6.07) is 8.02. The summed E-state index contributed by atoms with van der Waals surface area (Å²) in [5, 5.41) is 16.6. The molecule has 1 aromatic carbocycles. The van der Waals surface area contributed by atoms with Crippen LogP contribution >= 0.6 is 0 Å². The van der Waals surface area contributed by atoms with Crippen molar-refractivity contribution >= 4 is 0 Å². The van der Waals surface area contributed by atoms with Crippen molar-refractivity contribution in [3.63, 3.8) is 0 Å². The molecule has 0 amide bonds. The molecule has 0 aromatic heterocycles. The maximum absolute atomic E-state index is 9.54. The zero-order valence-electron chi connectivity index (χ0n) is 10.7. The van der Waals surface area contributed by atoms with E-state index in [2.05, 4.69) is 30.5 Å². The highest BCUT2D eigenvalue weighted by Gasteiger charge is 2.25. The van der Waals surface area contributed by atoms with Crippen LogP contribution in [0.4, 0.5) is 0 Å². The second kappa shape index (κ2) is 5.07. The van der Waals surface area contributed by atoms with Crippen LogP contribution in [-0.4, -0.2) is 24.2 Å². The van der Waals surface area contributed by atoms with Gasteiger partial charge in [-0.3, -0.25) is 0 Å². The summed E-state index contributed by atoms with van der Waals surface area (Å²) in [7, 11) is 0. The number of phenols is 1. The molecule has 1 aromatic rings. The molecule has 94 valence electrons. The minimum Gasteiger partial charge on any atom is -0.508 e. The lowest BCUT2D eigenvalue weighted by atomic mass is 9.92. The molecule has 3 heteroatoms. The summed E-state index contributed by atoms with van der Waals surface area (Å²) in [6.07, 6.45) is 2.45. The van der Waals surface area contributed by atoms with Crippen molar-refractivity contribution in [1.29, 1.82) is 0 Å². The molecular weight excluding hydrogens is 212 g/mol. The molecule has 0 bridgehead atoms. The smallest absolute Gasteiger partial charge is 0.115 e. The van der Waals surface area contributed by atoms with Crippen LogP contribution in [0.2, 0.25) is 0 Å². The average molecular weight is 234 g/mol. The fourth-order valence-corrected chi connectivity index (χ4v) is 2.46. The Balaban J connectivity index is 2.06. The summed E-state index contributed by atoms with van der Waals surface area (Å²) in [6.45, 7) is 6.49. The van der Waals surface area contributed by atoms with Gasteiger partial charge in [0, 0.05) is 18.1 Å². The Kier molecular flexibility index (Phi) is 3.69. The van der Waals surface area contributed by atoms with Gasteiger partial charge in [0.25, 0.3) is 0 Å². The summed E-state index contributed by atoms with van der Waals surface area (Å²) in [5.74, 6) is 0.333. The van der Waals surface area contributed by atoms with Crippen LogP contribution in [0.5, 0.6) is 5.75 Å². The third-order valence-corrected chi connectivity index (χ3v) is 3.43. The molecule has 3 nitrogen and oxygen atoms in total. The first-order chi connectivity index (χ1) is 8.08. The molecule has 1 atom stereocenters. The average Bonchev–Trinajstić information content (AvgIpc) is 2.30. The number of aromatic hydroxyl groups is 1. The zero-order valence-corrected chi connectivity index (χ0v) is 10.7. The van der Waals surface area contributed by atoms with E-state index in [1.807, 2.05) is 12.1 Å². The second-order valence-electron chi connectivity index (χ2n) is 5.36. The first-order valence-corrected chi connectivity index (χ1v) is 6.36. The summed E-state index contributed by atoms with van der Waals surface area (Å²) < 4.78 is 0. The molecule has 17 heavy (non-hydrogen) atoms. The Hall–Kier alpha value is -1.06. The molecular formula is C14H22N2O. The highest BCUT2D eigenvalue weighted by atomic mass is 16.3. The van der Waals surface area contributed by atoms with E-state index in [4.69, 9.17) is 0 Å². The van der Waals surface area contributed by atoms with Gasteiger partial charge in [-0.05, 0) is 50.9 Å². The van der Waals surface area contributed by atoms with Gasteiger partial charge in [0.15, 0.2) is 0 Å². The number of benzene rings is 1. The molecule has 0 saturated carbocycles. The molecule has 1 unspecified atom stereocenters. The Labute approximate surface area is 103 Å². The van der Waals surface area contributed by atoms with Crippen molar-refractivity contribution in [2.45, 2.75) is 38.3 Å². The van der Waals surface area contributed by atoms with Gasteiger partial charge >= 0.3 is 0 Å². The van der Waals surface area contributed by atoms with Gasteiger partial charge in [0.1, 0.15) is 5.75 Å². The topological polar surface area (TPSA) is 44.3 Å². The van der Waals surface area contributed by atoms with Crippen LogP contribution in [0.3, 0.4) is 0 Å². The minimum atomic E-state index is -0.109. The van der Waals surface area contributed by atoms with Crippen LogP contribution in [0.1, 0.15) is 32.3 Å². The van der Waals surface area contributed by atoms with Crippen LogP contribution in [0.15, 0.2) is 24.3 Å². The maximum Gasteiger partial charge on any atom is 0.115 e. The predicted molar refractivity (Wildman–Crippen MR) is 70.2 cm³/mol. The quantitative estimate of drug-likeness (QED) is 0.749. The molecule has 1 fully saturated rings. The number of piperidine rings is 1. The largest absolute Gasteiger partial charge is 0.508 e. The van der Waals surface area contributed by atoms with Crippen LogP contribution in [-0.2, 0) is 5.54 Å². The van der Waals surface area contributed by atoms with E-state index in [9.17, 15) is 5.11 Å². The molecule has 1 saturated heterocycles. The van der Waals surface area contributed by atoms with E-state index in [1.54, 1.807) is 6.07 Å². The molecule has 0 aliphatic carbocycles. The van der Waals surface area contributed by atoms with Crippen molar-refractivity contribution < 1.29 is 5.11 Å². The molecule has 1 aliphatic rings. The fraction of sp³-hybridized carbons (Fsp3) is 0.571. The van der Waals surface area contributed by atoms with Gasteiger partial charge < -0.3 is 15.7 Å². The monoisotopic (exact) mass is 234 g/mol. The normalized spacial score (nSPS) is 21.4. The Morgan fingerprint density at radius 1 is 1.41 bits per heavy atom. The SMILES string of the molecule is CC(C)(NC1CCCNC1)c1cccc(O)c1. The van der Waals surface area contributed by atoms with E-state index in [1.165, 1.54) is 12.8 Å². The first kappa shape index (κ1) is 12.4. The Morgan fingerprint density at radius 2 is 2.24 bits per heavy atom. The number of rotatable bonds is 3. The van der Waals surface area contributed by atoms with Crippen molar-refractivity contribution in [2.75, 3.05) is 13.1 Å². The molecule has 0 spiro atoms. The standard InChI is InChI=1S/C14H22N2O/c1-14(2,11-5-3-7-13(17)9-11)16-12-6-4-8-15-10-12/h3,5,7,9,12,15-17H,4,6,8,10H2,1-2H3. The number of nitrogens with one attached hydrogen (secondary N) is 2. The lowest BCUT2D eigenvalue weighted by Gasteiger charge is -2.34. The molecule has 0 radical (unpaired) electrons.